The van der Waals surface area contributed by atoms with Crippen molar-refractivity contribution < 1.29 is 54.6 Å². The van der Waals surface area contributed by atoms with E-state index in [0.29, 0.717) is 5.69 Å². The lowest BCUT2D eigenvalue weighted by Crippen LogP contribution is -2.45. The van der Waals surface area contributed by atoms with Gasteiger partial charge in [-0.25, -0.2) is 18.0 Å². The van der Waals surface area contributed by atoms with Gasteiger partial charge in [0.1, 0.15) is 0 Å². The zero-order chi connectivity index (χ0) is 37.7. The Morgan fingerprint density at radius 1 is 0.627 bits per heavy atom. The highest BCUT2D eigenvalue weighted by molar-refractivity contribution is 7.91. The number of carboxylic acid groups (broad SMARTS) is 2. The van der Waals surface area contributed by atoms with E-state index < -0.39 is 34.3 Å². The molecular formula is C34H34F6N4O6S. The van der Waals surface area contributed by atoms with E-state index in [1.807, 2.05) is 67.0 Å². The van der Waals surface area contributed by atoms with Gasteiger partial charge in [0.2, 0.25) is 10.0 Å². The van der Waals surface area contributed by atoms with Crippen molar-refractivity contribution in [1.82, 2.24) is 14.8 Å². The van der Waals surface area contributed by atoms with E-state index in [9.17, 15) is 34.8 Å². The van der Waals surface area contributed by atoms with E-state index in [2.05, 4.69) is 55.9 Å². The third kappa shape index (κ3) is 14.8. The van der Waals surface area contributed by atoms with Gasteiger partial charge in [0, 0.05) is 57.3 Å². The van der Waals surface area contributed by atoms with Crippen molar-refractivity contribution in [2.75, 3.05) is 30.9 Å². The molecule has 2 heterocycles. The Bertz CT molecular complexity index is 1760. The summed E-state index contributed by atoms with van der Waals surface area (Å²) in [5, 5.41) is 14.2. The molecule has 5 rings (SSSR count). The highest BCUT2D eigenvalue weighted by Crippen LogP contribution is 2.24. The van der Waals surface area contributed by atoms with E-state index in [1.54, 1.807) is 0 Å². The first kappa shape index (κ1) is 40.4. The van der Waals surface area contributed by atoms with Crippen LogP contribution in [0.5, 0.6) is 0 Å². The van der Waals surface area contributed by atoms with Crippen molar-refractivity contribution in [3.05, 3.63) is 120 Å². The number of piperazine rings is 1. The quantitative estimate of drug-likeness (QED) is 0.169. The van der Waals surface area contributed by atoms with Gasteiger partial charge < -0.3 is 10.2 Å². The van der Waals surface area contributed by atoms with Gasteiger partial charge in [-0.1, -0.05) is 66.7 Å². The van der Waals surface area contributed by atoms with Crippen molar-refractivity contribution >= 4 is 27.6 Å². The van der Waals surface area contributed by atoms with Crippen molar-refractivity contribution in [2.24, 2.45) is 0 Å². The van der Waals surface area contributed by atoms with Crippen LogP contribution in [0.4, 0.5) is 32.0 Å². The number of pyridine rings is 1. The summed E-state index contributed by atoms with van der Waals surface area (Å²) < 4.78 is 91.2. The number of hydrogen-bond acceptors (Lipinski definition) is 7. The van der Waals surface area contributed by atoms with Crippen molar-refractivity contribution in [2.45, 2.75) is 31.2 Å². The Balaban J connectivity index is 0.000000424. The average molecular weight is 741 g/mol. The van der Waals surface area contributed by atoms with E-state index in [1.165, 1.54) is 11.1 Å². The van der Waals surface area contributed by atoms with Gasteiger partial charge in [0.15, 0.2) is 0 Å². The van der Waals surface area contributed by atoms with E-state index >= 15 is 0 Å². The Labute approximate surface area is 290 Å². The predicted octanol–water partition coefficient (Wildman–Crippen LogP) is 6.27. The fourth-order valence-corrected chi connectivity index (χ4v) is 5.85. The highest BCUT2D eigenvalue weighted by atomic mass is 32.2. The van der Waals surface area contributed by atoms with Crippen molar-refractivity contribution in [3.8, 4) is 11.1 Å². The largest absolute Gasteiger partial charge is 0.490 e. The van der Waals surface area contributed by atoms with Crippen LogP contribution in [-0.2, 0) is 38.5 Å². The van der Waals surface area contributed by atoms with Crippen molar-refractivity contribution in [3.63, 3.8) is 0 Å². The number of hydrogen-bond donors (Lipinski definition) is 3. The van der Waals surface area contributed by atoms with E-state index in [4.69, 9.17) is 19.8 Å². The number of aliphatic carboxylic acids is 2. The molecule has 0 radical (unpaired) electrons. The van der Waals surface area contributed by atoms with Crippen LogP contribution in [0.1, 0.15) is 16.7 Å². The maximum absolute atomic E-state index is 12.5. The summed E-state index contributed by atoms with van der Waals surface area (Å²) in [4.78, 5) is 26.9. The molecule has 0 spiro atoms. The summed E-state index contributed by atoms with van der Waals surface area (Å²) in [6.45, 7) is 6.20. The number of halogens is 6. The molecule has 1 saturated heterocycles. The normalized spacial score (nSPS) is 13.9. The van der Waals surface area contributed by atoms with Crippen LogP contribution >= 0.6 is 0 Å². The number of nitrogens with zero attached hydrogens (tertiary/aromatic N) is 3. The molecule has 0 atom stereocenters. The molecule has 1 aliphatic rings. The molecule has 1 fully saturated rings. The SMILES string of the molecule is O=C(O)C(F)(F)F.O=C(O)C(F)(F)F.O=S(=O)(Cc1ccccc1)Nc1ccc(-c2ccc(CN3CCN(Cc4ccncc4)CC3)cc2)cc1. The van der Waals surface area contributed by atoms with Gasteiger partial charge in [-0.3, -0.25) is 19.5 Å². The lowest BCUT2D eigenvalue weighted by atomic mass is 10.0. The first-order valence-corrected chi connectivity index (χ1v) is 16.7. The topological polar surface area (TPSA) is 140 Å². The molecule has 1 aromatic heterocycles. The fourth-order valence-electron chi connectivity index (χ4n) is 4.65. The fraction of sp³-hybridized carbons (Fsp3) is 0.265. The summed E-state index contributed by atoms with van der Waals surface area (Å²) in [6.07, 6.45) is -6.45. The molecule has 17 heteroatoms. The number of rotatable bonds is 9. The average Bonchev–Trinajstić information content (AvgIpc) is 3.07. The van der Waals surface area contributed by atoms with Gasteiger partial charge in [-0.15, -0.1) is 0 Å². The van der Waals surface area contributed by atoms with Gasteiger partial charge in [0.25, 0.3) is 0 Å². The molecule has 0 amide bonds. The maximum Gasteiger partial charge on any atom is 0.490 e. The Hall–Kier alpha value is -5.00. The standard InChI is InChI=1S/C30H32N4O2S.2C2HF3O2/c35-37(36,24-27-4-2-1-3-5-27)32-30-12-10-29(11-13-30)28-8-6-25(7-9-28)22-33-18-20-34(21-19-33)23-26-14-16-31-17-15-26;2*3-2(4,5)1(6)7/h1-17,32H,18-24H2;2*(H,6,7). The summed E-state index contributed by atoms with van der Waals surface area (Å²) in [5.74, 6) is -5.56. The summed E-state index contributed by atoms with van der Waals surface area (Å²) in [5.41, 5.74) is 6.12. The second-order valence-corrected chi connectivity index (χ2v) is 12.9. The van der Waals surface area contributed by atoms with Crippen LogP contribution in [-0.4, -0.2) is 83.9 Å². The molecular weight excluding hydrogens is 706 g/mol. The number of alkyl halides is 6. The predicted molar refractivity (Wildman–Crippen MR) is 177 cm³/mol. The number of sulfonamides is 1. The minimum absolute atomic E-state index is 0.0448. The second kappa shape index (κ2) is 18.3. The number of benzene rings is 3. The van der Waals surface area contributed by atoms with Crippen LogP contribution in [0.25, 0.3) is 11.1 Å². The van der Waals surface area contributed by atoms with Crippen LogP contribution in [0.15, 0.2) is 103 Å². The van der Waals surface area contributed by atoms with Crippen LogP contribution in [0.3, 0.4) is 0 Å². The smallest absolute Gasteiger partial charge is 0.475 e. The summed E-state index contributed by atoms with van der Waals surface area (Å²) in [7, 11) is -3.46. The molecule has 10 nitrogen and oxygen atoms in total. The minimum atomic E-state index is -5.08. The third-order valence-electron chi connectivity index (χ3n) is 7.16. The molecule has 3 aromatic carbocycles. The zero-order valence-corrected chi connectivity index (χ0v) is 27.6. The third-order valence-corrected chi connectivity index (χ3v) is 8.42. The van der Waals surface area contributed by atoms with E-state index in [-0.39, 0.29) is 5.75 Å². The first-order chi connectivity index (χ1) is 23.9. The molecule has 3 N–H and O–H groups in total. The Morgan fingerprint density at radius 2 is 1.02 bits per heavy atom. The highest BCUT2D eigenvalue weighted by Gasteiger charge is 2.38. The Kier molecular flexibility index (Phi) is 14.5. The lowest BCUT2D eigenvalue weighted by molar-refractivity contribution is -0.193. The minimum Gasteiger partial charge on any atom is -0.475 e. The van der Waals surface area contributed by atoms with Gasteiger partial charge in [-0.2, -0.15) is 26.3 Å². The second-order valence-electron chi connectivity index (χ2n) is 11.1. The maximum atomic E-state index is 12.5. The molecule has 0 bridgehead atoms. The summed E-state index contributed by atoms with van der Waals surface area (Å²) >= 11 is 0. The molecule has 0 saturated carbocycles. The molecule has 0 unspecified atom stereocenters. The van der Waals surface area contributed by atoms with Crippen molar-refractivity contribution in [1.29, 1.82) is 0 Å². The molecule has 0 aliphatic carbocycles. The van der Waals surface area contributed by atoms with Crippen LogP contribution in [0.2, 0.25) is 0 Å². The van der Waals surface area contributed by atoms with E-state index in [0.717, 1.165) is 56.0 Å². The number of anilines is 1. The van der Waals surface area contributed by atoms with Gasteiger partial charge in [0.05, 0.1) is 5.75 Å². The molecule has 4 aromatic rings. The molecule has 51 heavy (non-hydrogen) atoms. The van der Waals surface area contributed by atoms with Crippen LogP contribution < -0.4 is 4.72 Å². The van der Waals surface area contributed by atoms with Gasteiger partial charge in [-0.05, 0) is 52.1 Å². The first-order valence-electron chi connectivity index (χ1n) is 15.1. The summed E-state index contributed by atoms with van der Waals surface area (Å²) in [6, 6.07) is 29.6. The van der Waals surface area contributed by atoms with Crippen LogP contribution in [0, 0.1) is 0 Å². The van der Waals surface area contributed by atoms with Gasteiger partial charge >= 0.3 is 24.3 Å². The lowest BCUT2D eigenvalue weighted by Gasteiger charge is -2.34. The monoisotopic (exact) mass is 740 g/mol. The molecule has 274 valence electrons. The Morgan fingerprint density at radius 3 is 1.43 bits per heavy atom. The molecule has 1 aliphatic heterocycles. The number of carboxylic acids is 2. The number of aromatic nitrogens is 1. The zero-order valence-electron chi connectivity index (χ0n) is 26.8. The number of nitrogens with one attached hydrogen (secondary N) is 1. The number of carbonyl (C=O) groups is 2.